The quantitative estimate of drug-likeness (QED) is 0.419. The van der Waals surface area contributed by atoms with Crippen LogP contribution in [0.5, 0.6) is 0 Å². The average Bonchev–Trinajstić information content (AvgIpc) is 1.95. The fraction of sp³-hybridized carbons (Fsp3) is 0.700. The molecule has 1 saturated heterocycles. The average molecular weight is 183 g/mol. The molecule has 1 atom stereocenters. The van der Waals surface area contributed by atoms with Gasteiger partial charge in [-0.05, 0) is 12.3 Å². The zero-order valence-electron chi connectivity index (χ0n) is 8.51. The van der Waals surface area contributed by atoms with E-state index in [4.69, 9.17) is 12.2 Å². The van der Waals surface area contributed by atoms with Crippen molar-refractivity contribution in [3.8, 4) is 0 Å². The maximum absolute atomic E-state index is 5.23. The Kier molecular flexibility index (Phi) is 2.30. The first-order valence-electron chi connectivity index (χ1n) is 4.33. The number of allylic oxidation sites excluding steroid dienone is 1. The molecular weight excluding hydrogens is 166 g/mol. The van der Waals surface area contributed by atoms with Crippen LogP contribution in [0.15, 0.2) is 11.6 Å². The second-order valence-corrected chi connectivity index (χ2v) is 4.82. The normalized spacial score (nSPS) is 27.8. The molecule has 2 heteroatoms. The fourth-order valence-electron chi connectivity index (χ4n) is 1.91. The molecule has 0 radical (unpaired) electrons. The van der Waals surface area contributed by atoms with E-state index in [1.54, 1.807) is 0 Å². The molecule has 12 heavy (non-hydrogen) atoms. The van der Waals surface area contributed by atoms with Crippen LogP contribution in [0.3, 0.4) is 0 Å². The zero-order chi connectivity index (χ0) is 9.52. The van der Waals surface area contributed by atoms with Crippen molar-refractivity contribution >= 4 is 17.2 Å². The summed E-state index contributed by atoms with van der Waals surface area (Å²) in [6, 6.07) is 0.509. The number of likely N-dealkylation sites (N-methyl/N-ethyl adjacent to an activating group) is 1. The van der Waals surface area contributed by atoms with E-state index in [2.05, 4.69) is 45.7 Å². The molecule has 0 amide bonds. The third kappa shape index (κ3) is 1.28. The third-order valence-electron chi connectivity index (χ3n) is 2.38. The molecule has 0 aromatic rings. The van der Waals surface area contributed by atoms with Crippen LogP contribution in [0.2, 0.25) is 0 Å². The molecule has 0 aliphatic carbocycles. The number of likely N-dealkylation sites (tertiary alicyclic amines) is 1. The van der Waals surface area contributed by atoms with Gasteiger partial charge in [0.05, 0.1) is 6.04 Å². The molecule has 1 unspecified atom stereocenters. The molecule has 1 nitrogen and oxygen atoms in total. The first kappa shape index (κ1) is 9.72. The van der Waals surface area contributed by atoms with Gasteiger partial charge >= 0.3 is 0 Å². The fourth-order valence-corrected chi connectivity index (χ4v) is 2.24. The van der Waals surface area contributed by atoms with Crippen LogP contribution in [0.1, 0.15) is 27.7 Å². The highest BCUT2D eigenvalue weighted by molar-refractivity contribution is 7.80. The summed E-state index contributed by atoms with van der Waals surface area (Å²) in [5.74, 6) is 0. The summed E-state index contributed by atoms with van der Waals surface area (Å²) in [5, 5.41) is 0. The van der Waals surface area contributed by atoms with Crippen LogP contribution >= 0.6 is 12.2 Å². The van der Waals surface area contributed by atoms with Crippen LogP contribution < -0.4 is 0 Å². The summed E-state index contributed by atoms with van der Waals surface area (Å²) in [6.45, 7) is 8.81. The molecule has 68 valence electrons. The Balaban J connectivity index is 2.88. The summed E-state index contributed by atoms with van der Waals surface area (Å²) < 4.78 is 0. The van der Waals surface area contributed by atoms with Crippen molar-refractivity contribution in [2.45, 2.75) is 33.7 Å². The summed E-state index contributed by atoms with van der Waals surface area (Å²) >= 11 is 5.23. The van der Waals surface area contributed by atoms with Crippen LogP contribution in [0.25, 0.3) is 0 Å². The lowest BCUT2D eigenvalue weighted by atomic mass is 9.76. The van der Waals surface area contributed by atoms with Crippen molar-refractivity contribution in [2.75, 3.05) is 7.05 Å². The lowest BCUT2D eigenvalue weighted by molar-refractivity contribution is 0.199. The molecule has 1 aliphatic heterocycles. The van der Waals surface area contributed by atoms with Crippen molar-refractivity contribution in [3.05, 3.63) is 11.6 Å². The highest BCUT2D eigenvalue weighted by Crippen LogP contribution is 2.38. The zero-order valence-corrected chi connectivity index (χ0v) is 9.33. The molecule has 0 bridgehead atoms. The van der Waals surface area contributed by atoms with Crippen molar-refractivity contribution in [1.82, 2.24) is 4.90 Å². The van der Waals surface area contributed by atoms with Gasteiger partial charge in [0.1, 0.15) is 4.99 Å². The lowest BCUT2D eigenvalue weighted by Crippen LogP contribution is -2.57. The molecule has 1 rings (SSSR count). The summed E-state index contributed by atoms with van der Waals surface area (Å²) in [7, 11) is 2.07. The first-order chi connectivity index (χ1) is 5.39. The number of hydrogen-bond acceptors (Lipinski definition) is 1. The van der Waals surface area contributed by atoms with Crippen LogP contribution in [-0.2, 0) is 0 Å². The standard InChI is InChI=1S/C10H17NS/c1-6-7-8(10(2,3)4)11(5)9(7)12/h6,8H,1-5H3/b7-6+. The monoisotopic (exact) mass is 183 g/mol. The molecule has 0 N–H and O–H groups in total. The second-order valence-electron chi connectivity index (χ2n) is 4.43. The Hall–Kier alpha value is -0.370. The third-order valence-corrected chi connectivity index (χ3v) is 2.90. The molecule has 1 fully saturated rings. The van der Waals surface area contributed by atoms with Crippen molar-refractivity contribution in [2.24, 2.45) is 5.41 Å². The number of rotatable bonds is 0. The van der Waals surface area contributed by atoms with E-state index in [1.165, 1.54) is 5.57 Å². The van der Waals surface area contributed by atoms with Gasteiger partial charge in [0.25, 0.3) is 0 Å². The first-order valence-corrected chi connectivity index (χ1v) is 4.73. The van der Waals surface area contributed by atoms with Gasteiger partial charge < -0.3 is 4.90 Å². The van der Waals surface area contributed by atoms with Gasteiger partial charge in [-0.1, -0.05) is 39.1 Å². The van der Waals surface area contributed by atoms with Gasteiger partial charge in [-0.15, -0.1) is 0 Å². The predicted molar refractivity (Wildman–Crippen MR) is 57.4 cm³/mol. The Bertz CT molecular complexity index is 235. The highest BCUT2D eigenvalue weighted by Gasteiger charge is 2.42. The van der Waals surface area contributed by atoms with Crippen LogP contribution in [0.4, 0.5) is 0 Å². The van der Waals surface area contributed by atoms with Gasteiger partial charge in [-0.3, -0.25) is 0 Å². The molecule has 1 aliphatic rings. The Labute approximate surface area is 80.4 Å². The van der Waals surface area contributed by atoms with Crippen LogP contribution in [0, 0.1) is 5.41 Å². The molecule has 0 saturated carbocycles. The van der Waals surface area contributed by atoms with E-state index in [-0.39, 0.29) is 0 Å². The minimum absolute atomic E-state index is 0.291. The summed E-state index contributed by atoms with van der Waals surface area (Å²) in [5.41, 5.74) is 1.62. The van der Waals surface area contributed by atoms with E-state index in [0.717, 1.165) is 4.99 Å². The van der Waals surface area contributed by atoms with E-state index in [0.29, 0.717) is 11.5 Å². The Morgan fingerprint density at radius 2 is 1.92 bits per heavy atom. The minimum Gasteiger partial charge on any atom is -0.358 e. The van der Waals surface area contributed by atoms with Gasteiger partial charge in [-0.25, -0.2) is 0 Å². The molecule has 0 spiro atoms. The van der Waals surface area contributed by atoms with Gasteiger partial charge in [0.2, 0.25) is 0 Å². The van der Waals surface area contributed by atoms with Crippen molar-refractivity contribution in [1.29, 1.82) is 0 Å². The lowest BCUT2D eigenvalue weighted by Gasteiger charge is -2.50. The highest BCUT2D eigenvalue weighted by atomic mass is 32.1. The van der Waals surface area contributed by atoms with E-state index >= 15 is 0 Å². The Morgan fingerprint density at radius 3 is 2.17 bits per heavy atom. The molecule has 1 heterocycles. The maximum atomic E-state index is 5.23. The van der Waals surface area contributed by atoms with E-state index < -0.39 is 0 Å². The molecular formula is C10H17NS. The predicted octanol–water partition coefficient (Wildman–Crippen LogP) is 2.62. The number of hydrogen-bond donors (Lipinski definition) is 0. The van der Waals surface area contributed by atoms with E-state index in [9.17, 15) is 0 Å². The number of thiocarbonyl (C=S) groups is 1. The smallest absolute Gasteiger partial charge is 0.107 e. The van der Waals surface area contributed by atoms with Gasteiger partial charge in [0, 0.05) is 12.6 Å². The SMILES string of the molecule is C/C=C1/C(=S)N(C)C1C(C)(C)C. The maximum Gasteiger partial charge on any atom is 0.107 e. The van der Waals surface area contributed by atoms with Crippen LogP contribution in [-0.4, -0.2) is 23.0 Å². The topological polar surface area (TPSA) is 3.24 Å². The molecule has 0 aromatic carbocycles. The minimum atomic E-state index is 0.291. The molecule has 0 aromatic heterocycles. The largest absolute Gasteiger partial charge is 0.358 e. The van der Waals surface area contributed by atoms with E-state index in [1.807, 2.05) is 0 Å². The number of nitrogens with zero attached hydrogens (tertiary/aromatic N) is 1. The van der Waals surface area contributed by atoms with Crippen molar-refractivity contribution < 1.29 is 0 Å². The second kappa shape index (κ2) is 2.84. The Morgan fingerprint density at radius 1 is 1.42 bits per heavy atom. The van der Waals surface area contributed by atoms with Gasteiger partial charge in [-0.2, -0.15) is 0 Å². The summed E-state index contributed by atoms with van der Waals surface area (Å²) in [6.07, 6.45) is 2.14. The summed E-state index contributed by atoms with van der Waals surface area (Å²) in [4.78, 5) is 3.20. The van der Waals surface area contributed by atoms with Crippen molar-refractivity contribution in [3.63, 3.8) is 0 Å². The van der Waals surface area contributed by atoms with Gasteiger partial charge in [0.15, 0.2) is 0 Å².